The lowest BCUT2D eigenvalue weighted by Crippen LogP contribution is -2.55. The summed E-state index contributed by atoms with van der Waals surface area (Å²) in [5.74, 6) is 3.63. The monoisotopic (exact) mass is 331 g/mol. The number of hydrogen-bond donors (Lipinski definition) is 0. The first-order valence-corrected chi connectivity index (χ1v) is 8.68. The number of imide groups is 1. The van der Waals surface area contributed by atoms with E-state index < -0.39 is 5.92 Å². The standard InChI is InChI=1S/C16H19N4O2S/c1-4-9-23-14-11-13(19(2)16(22)20(3)15(11)21)17-12(18-14)10-7-5-6-8-10/h1,10-11H,5-9H2,2-3H3/q+1. The van der Waals surface area contributed by atoms with E-state index in [9.17, 15) is 9.59 Å². The number of aliphatic imine (C=N–C) groups is 2. The number of nitrogens with zero attached hydrogens (tertiary/aromatic N) is 4. The molecule has 0 aromatic heterocycles. The molecule has 7 heteroatoms. The van der Waals surface area contributed by atoms with Gasteiger partial charge in [-0.15, -0.1) is 6.42 Å². The number of carbonyl (C=O) groups is 2. The van der Waals surface area contributed by atoms with Crippen LogP contribution in [0.5, 0.6) is 0 Å². The van der Waals surface area contributed by atoms with Crippen molar-refractivity contribution in [1.29, 1.82) is 0 Å². The van der Waals surface area contributed by atoms with Crippen LogP contribution in [0.4, 0.5) is 4.79 Å². The minimum Gasteiger partial charge on any atom is -0.255 e. The molecular weight excluding hydrogens is 312 g/mol. The number of carbonyl (C=O) groups excluding carboxylic acids is 2. The molecule has 23 heavy (non-hydrogen) atoms. The predicted octanol–water partition coefficient (Wildman–Crippen LogP) is 1.60. The van der Waals surface area contributed by atoms with E-state index in [4.69, 9.17) is 6.42 Å². The molecule has 0 saturated heterocycles. The van der Waals surface area contributed by atoms with Crippen molar-refractivity contribution in [3.8, 4) is 12.3 Å². The second-order valence-electron chi connectivity index (χ2n) is 5.92. The zero-order valence-corrected chi connectivity index (χ0v) is 14.1. The van der Waals surface area contributed by atoms with Crippen LogP contribution in [0.2, 0.25) is 0 Å². The molecule has 0 aromatic carbocycles. The predicted molar refractivity (Wildman–Crippen MR) is 91.0 cm³/mol. The van der Waals surface area contributed by atoms with Crippen molar-refractivity contribution in [2.24, 2.45) is 21.8 Å². The summed E-state index contributed by atoms with van der Waals surface area (Å²) in [7, 11) is 3.13. The molecule has 0 aromatic rings. The van der Waals surface area contributed by atoms with Crippen molar-refractivity contribution in [2.75, 3.05) is 19.8 Å². The molecule has 1 fully saturated rings. The van der Waals surface area contributed by atoms with E-state index in [0.717, 1.165) is 23.6 Å². The molecule has 1 atom stereocenters. The van der Waals surface area contributed by atoms with E-state index in [1.165, 1.54) is 36.2 Å². The molecular formula is C16H19N4O2S+. The van der Waals surface area contributed by atoms with Crippen LogP contribution in [0.1, 0.15) is 25.7 Å². The summed E-state index contributed by atoms with van der Waals surface area (Å²) in [6.07, 6.45) is 9.80. The zero-order valence-electron chi connectivity index (χ0n) is 13.3. The maximum atomic E-state index is 12.6. The average molecular weight is 331 g/mol. The van der Waals surface area contributed by atoms with Gasteiger partial charge in [0.15, 0.2) is 5.92 Å². The maximum absolute atomic E-state index is 12.6. The van der Waals surface area contributed by atoms with Gasteiger partial charge in [0.2, 0.25) is 5.84 Å². The average Bonchev–Trinajstić information content (AvgIpc) is 3.09. The van der Waals surface area contributed by atoms with Crippen LogP contribution in [0, 0.1) is 24.2 Å². The van der Waals surface area contributed by atoms with Crippen molar-refractivity contribution in [2.45, 2.75) is 25.7 Å². The topological polar surface area (TPSA) is 65.1 Å². The second kappa shape index (κ2) is 6.28. The Morgan fingerprint density at radius 3 is 2.70 bits per heavy atom. The molecule has 3 amide bonds. The van der Waals surface area contributed by atoms with Crippen molar-refractivity contribution >= 4 is 40.4 Å². The molecule has 3 rings (SSSR count). The Kier molecular flexibility index (Phi) is 4.35. The van der Waals surface area contributed by atoms with E-state index in [1.54, 1.807) is 7.05 Å². The molecule has 0 radical (unpaired) electrons. The number of urea groups is 1. The van der Waals surface area contributed by atoms with E-state index >= 15 is 0 Å². The van der Waals surface area contributed by atoms with Crippen molar-refractivity contribution in [1.82, 2.24) is 4.90 Å². The molecule has 2 aliphatic heterocycles. The number of rotatable bonds is 2. The summed E-state index contributed by atoms with van der Waals surface area (Å²) in [6.45, 7) is 0. The fourth-order valence-electron chi connectivity index (χ4n) is 3.19. The van der Waals surface area contributed by atoms with E-state index in [1.807, 2.05) is 0 Å². The second-order valence-corrected chi connectivity index (χ2v) is 6.92. The fraction of sp³-hybridized carbons (Fsp3) is 0.562. The lowest BCUT2D eigenvalue weighted by atomic mass is 10.0. The summed E-state index contributed by atoms with van der Waals surface area (Å²) in [6, 6.07) is -0.362. The van der Waals surface area contributed by atoms with Crippen molar-refractivity contribution in [3.05, 3.63) is 0 Å². The lowest BCUT2D eigenvalue weighted by molar-refractivity contribution is -0.407. The molecule has 0 N–H and O–H groups in total. The molecule has 120 valence electrons. The molecule has 1 saturated carbocycles. The molecule has 6 nitrogen and oxygen atoms in total. The summed E-state index contributed by atoms with van der Waals surface area (Å²) in [5, 5.41) is 0.658. The van der Waals surface area contributed by atoms with Gasteiger partial charge in [0.05, 0.1) is 19.8 Å². The van der Waals surface area contributed by atoms with Crippen LogP contribution in [-0.4, -0.2) is 58.0 Å². The van der Waals surface area contributed by atoms with Gasteiger partial charge in [-0.3, -0.25) is 4.79 Å². The Labute approximate surface area is 139 Å². The van der Waals surface area contributed by atoms with Gasteiger partial charge in [-0.25, -0.2) is 9.79 Å². The van der Waals surface area contributed by atoms with Gasteiger partial charge in [0, 0.05) is 5.92 Å². The van der Waals surface area contributed by atoms with Gasteiger partial charge in [-0.2, -0.15) is 9.48 Å². The van der Waals surface area contributed by atoms with Crippen LogP contribution >= 0.6 is 11.8 Å². The number of amidine groups is 2. The number of fused-ring (bicyclic) bond motifs is 1. The largest absolute Gasteiger partial charge is 0.445 e. The van der Waals surface area contributed by atoms with Crippen LogP contribution < -0.4 is 0 Å². The third-order valence-corrected chi connectivity index (χ3v) is 5.41. The summed E-state index contributed by atoms with van der Waals surface area (Å²) >= 11 is 1.38. The molecule has 1 unspecified atom stereocenters. The summed E-state index contributed by atoms with van der Waals surface area (Å²) < 4.78 is 1.45. The molecule has 1 aliphatic carbocycles. The van der Waals surface area contributed by atoms with Crippen LogP contribution in [0.3, 0.4) is 0 Å². The van der Waals surface area contributed by atoms with Crippen LogP contribution in [0.15, 0.2) is 9.98 Å². The summed E-state index contributed by atoms with van der Waals surface area (Å²) in [4.78, 5) is 35.1. The van der Waals surface area contributed by atoms with Crippen molar-refractivity contribution in [3.63, 3.8) is 0 Å². The molecule has 0 bridgehead atoms. The van der Waals surface area contributed by atoms with Crippen LogP contribution in [-0.2, 0) is 4.79 Å². The SMILES string of the molecule is C#CCSC1=NC(C2CCCC2)=NC2=[N+](C)C(=O)N(C)C(=O)C12. The van der Waals surface area contributed by atoms with E-state index in [-0.39, 0.29) is 11.9 Å². The Hall–Kier alpha value is -1.94. The summed E-state index contributed by atoms with van der Waals surface area (Å²) in [5.41, 5.74) is 0. The van der Waals surface area contributed by atoms with Gasteiger partial charge in [-0.05, 0) is 12.8 Å². The number of terminal acetylenes is 1. The Balaban J connectivity index is 2.07. The van der Waals surface area contributed by atoms with Gasteiger partial charge in [0.25, 0.3) is 5.84 Å². The van der Waals surface area contributed by atoms with Crippen LogP contribution in [0.25, 0.3) is 0 Å². The van der Waals surface area contributed by atoms with Gasteiger partial charge < -0.3 is 0 Å². The third-order valence-electron chi connectivity index (χ3n) is 4.48. The Morgan fingerprint density at radius 1 is 1.35 bits per heavy atom. The highest BCUT2D eigenvalue weighted by molar-refractivity contribution is 8.14. The van der Waals surface area contributed by atoms with Gasteiger partial charge in [-0.1, -0.05) is 35.5 Å². The first-order valence-electron chi connectivity index (χ1n) is 7.70. The minimum atomic E-state index is -0.619. The molecule has 2 heterocycles. The van der Waals surface area contributed by atoms with Gasteiger partial charge >= 0.3 is 11.9 Å². The molecule has 0 spiro atoms. The highest BCUT2D eigenvalue weighted by atomic mass is 32.2. The quantitative estimate of drug-likeness (QED) is 0.570. The number of amides is 3. The number of hydrogen-bond acceptors (Lipinski definition) is 5. The first-order chi connectivity index (χ1) is 11.0. The number of thioether (sulfide) groups is 1. The fourth-order valence-corrected chi connectivity index (χ4v) is 3.95. The van der Waals surface area contributed by atoms with Crippen molar-refractivity contribution < 1.29 is 14.2 Å². The lowest BCUT2D eigenvalue weighted by Gasteiger charge is -2.27. The molecule has 3 aliphatic rings. The maximum Gasteiger partial charge on any atom is 0.445 e. The third kappa shape index (κ3) is 2.72. The van der Waals surface area contributed by atoms with E-state index in [0.29, 0.717) is 22.6 Å². The van der Waals surface area contributed by atoms with Gasteiger partial charge in [0.1, 0.15) is 5.04 Å². The first kappa shape index (κ1) is 15.9. The van der Waals surface area contributed by atoms with E-state index in [2.05, 4.69) is 15.9 Å². The normalized spacial score (nSPS) is 25.3. The zero-order chi connectivity index (χ0) is 16.6. The minimum absolute atomic E-state index is 0.291. The Morgan fingerprint density at radius 2 is 2.04 bits per heavy atom. The Bertz CT molecular complexity index is 695. The highest BCUT2D eigenvalue weighted by Crippen LogP contribution is 2.31. The highest BCUT2D eigenvalue weighted by Gasteiger charge is 2.49. The smallest absolute Gasteiger partial charge is 0.255 e.